The van der Waals surface area contributed by atoms with Gasteiger partial charge in [0.1, 0.15) is 5.82 Å². The van der Waals surface area contributed by atoms with E-state index in [1.165, 1.54) is 4.88 Å². The second kappa shape index (κ2) is 5.91. The van der Waals surface area contributed by atoms with Gasteiger partial charge in [0.2, 0.25) is 0 Å². The summed E-state index contributed by atoms with van der Waals surface area (Å²) in [5.74, 6) is 0.823. The van der Waals surface area contributed by atoms with E-state index in [0.29, 0.717) is 5.69 Å². The lowest BCUT2D eigenvalue weighted by Crippen LogP contribution is -2.07. The summed E-state index contributed by atoms with van der Waals surface area (Å²) in [4.78, 5) is 5.53. The van der Waals surface area contributed by atoms with Gasteiger partial charge in [0.05, 0.1) is 20.7 Å². The summed E-state index contributed by atoms with van der Waals surface area (Å²) in [6.07, 6.45) is 2.60. The van der Waals surface area contributed by atoms with Crippen LogP contribution in [0.5, 0.6) is 0 Å². The van der Waals surface area contributed by atoms with Crippen LogP contribution < -0.4 is 11.1 Å². The van der Waals surface area contributed by atoms with Gasteiger partial charge in [0, 0.05) is 11.4 Å². The normalized spacial score (nSPS) is 10.6. The van der Waals surface area contributed by atoms with Crippen LogP contribution in [0.2, 0.25) is 4.34 Å². The Morgan fingerprint density at radius 3 is 2.94 bits per heavy atom. The van der Waals surface area contributed by atoms with Crippen molar-refractivity contribution in [3.05, 3.63) is 37.6 Å². The number of hydrogen-bond donors (Lipinski definition) is 2. The lowest BCUT2D eigenvalue weighted by molar-refractivity contribution is 1.02. The number of rotatable bonds is 4. The van der Waals surface area contributed by atoms with Gasteiger partial charge in [0.25, 0.3) is 0 Å². The van der Waals surface area contributed by atoms with Gasteiger partial charge < -0.3 is 11.1 Å². The summed E-state index contributed by atoms with van der Waals surface area (Å²) in [7, 11) is 0. The standard InChI is InChI=1S/C12H13BrClN3S/c1-7-9(15)6-17-12(11(7)13)16-5-4-8-2-3-10(14)18-8/h2-3,6H,4-5,15H2,1H3,(H,16,17). The lowest BCUT2D eigenvalue weighted by atomic mass is 10.2. The van der Waals surface area contributed by atoms with E-state index in [1.807, 2.05) is 19.1 Å². The van der Waals surface area contributed by atoms with Gasteiger partial charge in [-0.1, -0.05) is 11.6 Å². The molecule has 0 amide bonds. The number of nitrogen functional groups attached to an aromatic ring is 1. The highest BCUT2D eigenvalue weighted by atomic mass is 79.9. The highest BCUT2D eigenvalue weighted by molar-refractivity contribution is 9.10. The maximum atomic E-state index is 5.88. The smallest absolute Gasteiger partial charge is 0.140 e. The van der Waals surface area contributed by atoms with Crippen molar-refractivity contribution < 1.29 is 0 Å². The highest BCUT2D eigenvalue weighted by Crippen LogP contribution is 2.28. The molecule has 0 aromatic carbocycles. The molecule has 6 heteroatoms. The third kappa shape index (κ3) is 3.16. The van der Waals surface area contributed by atoms with Gasteiger partial charge >= 0.3 is 0 Å². The number of thiophene rings is 1. The largest absolute Gasteiger partial charge is 0.397 e. The van der Waals surface area contributed by atoms with Crippen LogP contribution in [0.3, 0.4) is 0 Å². The van der Waals surface area contributed by atoms with E-state index in [4.69, 9.17) is 17.3 Å². The highest BCUT2D eigenvalue weighted by Gasteiger charge is 2.07. The number of anilines is 2. The van der Waals surface area contributed by atoms with E-state index >= 15 is 0 Å². The molecule has 0 fully saturated rings. The SMILES string of the molecule is Cc1c(N)cnc(NCCc2ccc(Cl)s2)c1Br. The molecule has 2 rings (SSSR count). The van der Waals surface area contributed by atoms with E-state index in [2.05, 4.69) is 26.2 Å². The van der Waals surface area contributed by atoms with Crippen molar-refractivity contribution in [2.75, 3.05) is 17.6 Å². The van der Waals surface area contributed by atoms with Gasteiger partial charge in [-0.25, -0.2) is 4.98 Å². The van der Waals surface area contributed by atoms with Crippen LogP contribution in [0.4, 0.5) is 11.5 Å². The summed E-state index contributed by atoms with van der Waals surface area (Å²) < 4.78 is 1.75. The van der Waals surface area contributed by atoms with Crippen molar-refractivity contribution in [2.45, 2.75) is 13.3 Å². The van der Waals surface area contributed by atoms with E-state index in [9.17, 15) is 0 Å². The van der Waals surface area contributed by atoms with Crippen molar-refractivity contribution >= 4 is 50.4 Å². The van der Waals surface area contributed by atoms with Crippen LogP contribution in [0, 0.1) is 6.92 Å². The predicted octanol–water partition coefficient (Wildman–Crippen LogP) is 4.10. The molecule has 0 bridgehead atoms. The van der Waals surface area contributed by atoms with E-state index < -0.39 is 0 Å². The summed E-state index contributed by atoms with van der Waals surface area (Å²) in [5, 5.41) is 3.29. The molecule has 96 valence electrons. The van der Waals surface area contributed by atoms with Crippen LogP contribution in [0.25, 0.3) is 0 Å². The van der Waals surface area contributed by atoms with E-state index in [0.717, 1.165) is 33.2 Å². The zero-order valence-corrected chi connectivity index (χ0v) is 13.0. The summed E-state index contributed by atoms with van der Waals surface area (Å²) in [5.41, 5.74) is 7.48. The summed E-state index contributed by atoms with van der Waals surface area (Å²) >= 11 is 11.0. The van der Waals surface area contributed by atoms with Crippen LogP contribution in [0.15, 0.2) is 22.8 Å². The topological polar surface area (TPSA) is 50.9 Å². The predicted molar refractivity (Wildman–Crippen MR) is 82.6 cm³/mol. The van der Waals surface area contributed by atoms with Gasteiger partial charge in [-0.05, 0) is 47.0 Å². The molecule has 0 radical (unpaired) electrons. The number of nitrogens with two attached hydrogens (primary N) is 1. The number of nitrogens with zero attached hydrogens (tertiary/aromatic N) is 1. The fraction of sp³-hybridized carbons (Fsp3) is 0.250. The number of halogens is 2. The first kappa shape index (κ1) is 13.6. The van der Waals surface area contributed by atoms with E-state index in [-0.39, 0.29) is 0 Å². The Morgan fingerprint density at radius 2 is 2.28 bits per heavy atom. The molecule has 3 N–H and O–H groups in total. The van der Waals surface area contributed by atoms with Crippen molar-refractivity contribution in [3.63, 3.8) is 0 Å². The zero-order valence-electron chi connectivity index (χ0n) is 9.84. The molecule has 0 spiro atoms. The maximum Gasteiger partial charge on any atom is 0.140 e. The Hall–Kier alpha value is -0.780. The third-order valence-corrected chi connectivity index (χ3v) is 4.86. The second-order valence-electron chi connectivity index (χ2n) is 3.88. The molecule has 0 unspecified atom stereocenters. The third-order valence-electron chi connectivity index (χ3n) is 2.60. The molecule has 3 nitrogen and oxygen atoms in total. The molecular formula is C12H13BrClN3S. The van der Waals surface area contributed by atoms with Gasteiger partial charge in [-0.3, -0.25) is 0 Å². The Balaban J connectivity index is 1.96. The Kier molecular flexibility index (Phi) is 4.48. The Labute approximate surface area is 124 Å². The molecule has 0 atom stereocenters. The average Bonchev–Trinajstić information content (AvgIpc) is 2.75. The maximum absolute atomic E-state index is 5.88. The molecule has 0 aliphatic heterocycles. The van der Waals surface area contributed by atoms with Gasteiger partial charge in [-0.15, -0.1) is 11.3 Å². The zero-order chi connectivity index (χ0) is 13.1. The number of aromatic nitrogens is 1. The molecule has 2 aromatic heterocycles. The van der Waals surface area contributed by atoms with Crippen molar-refractivity contribution in [2.24, 2.45) is 0 Å². The molecular weight excluding hydrogens is 334 g/mol. The van der Waals surface area contributed by atoms with E-state index in [1.54, 1.807) is 17.5 Å². The minimum absolute atomic E-state index is 0.692. The van der Waals surface area contributed by atoms with Crippen molar-refractivity contribution in [3.8, 4) is 0 Å². The first-order valence-electron chi connectivity index (χ1n) is 5.46. The fourth-order valence-electron chi connectivity index (χ4n) is 1.51. The Bertz CT molecular complexity index is 556. The number of hydrogen-bond acceptors (Lipinski definition) is 4. The molecule has 18 heavy (non-hydrogen) atoms. The quantitative estimate of drug-likeness (QED) is 0.876. The molecule has 2 heterocycles. The molecule has 2 aromatic rings. The molecule has 0 aliphatic rings. The minimum atomic E-state index is 0.692. The number of nitrogens with one attached hydrogen (secondary N) is 1. The number of pyridine rings is 1. The van der Waals surface area contributed by atoms with Crippen LogP contribution in [-0.4, -0.2) is 11.5 Å². The molecule has 0 saturated heterocycles. The van der Waals surface area contributed by atoms with Gasteiger partial charge in [-0.2, -0.15) is 0 Å². The van der Waals surface area contributed by atoms with Crippen LogP contribution in [0.1, 0.15) is 10.4 Å². The van der Waals surface area contributed by atoms with Gasteiger partial charge in [0.15, 0.2) is 0 Å². The lowest BCUT2D eigenvalue weighted by Gasteiger charge is -2.10. The Morgan fingerprint density at radius 1 is 1.50 bits per heavy atom. The monoisotopic (exact) mass is 345 g/mol. The average molecular weight is 347 g/mol. The summed E-state index contributed by atoms with van der Waals surface area (Å²) in [6.45, 7) is 2.77. The van der Waals surface area contributed by atoms with Crippen molar-refractivity contribution in [1.29, 1.82) is 0 Å². The van der Waals surface area contributed by atoms with Crippen molar-refractivity contribution in [1.82, 2.24) is 4.98 Å². The minimum Gasteiger partial charge on any atom is -0.397 e. The van der Waals surface area contributed by atoms with Crippen LogP contribution in [-0.2, 0) is 6.42 Å². The summed E-state index contributed by atoms with van der Waals surface area (Å²) in [6, 6.07) is 3.97. The fourth-order valence-corrected chi connectivity index (χ4v) is 3.06. The molecule has 0 aliphatic carbocycles. The first-order valence-corrected chi connectivity index (χ1v) is 7.45. The molecule has 0 saturated carbocycles. The van der Waals surface area contributed by atoms with Crippen LogP contribution >= 0.6 is 38.9 Å². The second-order valence-corrected chi connectivity index (χ2v) is 6.48. The first-order chi connectivity index (χ1) is 8.58.